The zero-order valence-corrected chi connectivity index (χ0v) is 21.8. The molecule has 0 heterocycles. The lowest BCUT2D eigenvalue weighted by molar-refractivity contribution is 0.102. The molecule has 0 aliphatic heterocycles. The molecule has 4 rings (SSSR count). The van der Waals surface area contributed by atoms with E-state index in [1.54, 1.807) is 24.3 Å². The Morgan fingerprint density at radius 2 is 1.54 bits per heavy atom. The van der Waals surface area contributed by atoms with Gasteiger partial charge in [0.15, 0.2) is 0 Å². The maximum Gasteiger partial charge on any atom is 0.255 e. The van der Waals surface area contributed by atoms with Gasteiger partial charge in [0.25, 0.3) is 5.91 Å². The molecule has 0 bridgehead atoms. The van der Waals surface area contributed by atoms with Crippen molar-refractivity contribution in [1.29, 1.82) is 0 Å². The third-order valence-corrected chi connectivity index (χ3v) is 7.21. The predicted molar refractivity (Wildman–Crippen MR) is 147 cm³/mol. The zero-order chi connectivity index (χ0) is 25.4. The molecule has 0 atom stereocenters. The number of carbonyl (C=O) groups excluding carboxylic acids is 1. The fourth-order valence-electron chi connectivity index (χ4n) is 5.71. The maximum absolute atomic E-state index is 12.6. The second-order valence-electron chi connectivity index (χ2n) is 11.2. The molecule has 1 aliphatic rings. The van der Waals surface area contributed by atoms with Crippen LogP contribution in [-0.2, 0) is 17.3 Å². The van der Waals surface area contributed by atoms with Gasteiger partial charge in [0.1, 0.15) is 5.75 Å². The highest BCUT2D eigenvalue weighted by atomic mass is 16.3. The number of anilines is 1. The maximum atomic E-state index is 12.6. The molecule has 0 saturated carbocycles. The standard InChI is InChI=1S/C32H37NO2/c1-7-8-24-18-28-29(32(5,6)20-31(28,3)4)19-27(24)21(2)17-22-9-11-23(12-10-22)30(35)33-25-13-15-26(34)16-14-25/h9-19,34H,7-8,20H2,1-6H3,(H,33,35). The molecule has 182 valence electrons. The first-order valence-corrected chi connectivity index (χ1v) is 12.6. The fourth-order valence-corrected chi connectivity index (χ4v) is 5.71. The van der Waals surface area contributed by atoms with E-state index in [4.69, 9.17) is 0 Å². The van der Waals surface area contributed by atoms with Crippen LogP contribution in [0, 0.1) is 0 Å². The molecule has 3 heteroatoms. The van der Waals surface area contributed by atoms with Crippen LogP contribution in [0.15, 0.2) is 60.7 Å². The van der Waals surface area contributed by atoms with Gasteiger partial charge in [-0.3, -0.25) is 4.79 Å². The number of carbonyl (C=O) groups is 1. The normalized spacial score (nSPS) is 16.1. The summed E-state index contributed by atoms with van der Waals surface area (Å²) < 4.78 is 0. The Balaban J connectivity index is 1.61. The number of benzene rings is 3. The summed E-state index contributed by atoms with van der Waals surface area (Å²) in [6.45, 7) is 13.9. The van der Waals surface area contributed by atoms with Gasteiger partial charge >= 0.3 is 0 Å². The smallest absolute Gasteiger partial charge is 0.255 e. The molecule has 0 saturated heterocycles. The Bertz CT molecular complexity index is 1260. The summed E-state index contributed by atoms with van der Waals surface area (Å²) in [5, 5.41) is 12.3. The number of hydrogen-bond donors (Lipinski definition) is 2. The van der Waals surface area contributed by atoms with Crippen molar-refractivity contribution in [2.75, 3.05) is 5.32 Å². The average molecular weight is 468 g/mol. The highest BCUT2D eigenvalue weighted by Gasteiger charge is 2.42. The first-order valence-electron chi connectivity index (χ1n) is 12.6. The van der Waals surface area contributed by atoms with Crippen molar-refractivity contribution < 1.29 is 9.90 Å². The number of aryl methyl sites for hydroxylation is 1. The van der Waals surface area contributed by atoms with Crippen LogP contribution in [0.25, 0.3) is 11.6 Å². The lowest BCUT2D eigenvalue weighted by Crippen LogP contribution is -2.18. The van der Waals surface area contributed by atoms with Crippen molar-refractivity contribution in [3.8, 4) is 5.75 Å². The van der Waals surface area contributed by atoms with Gasteiger partial charge in [0, 0.05) is 11.3 Å². The van der Waals surface area contributed by atoms with Gasteiger partial charge in [-0.15, -0.1) is 0 Å². The van der Waals surface area contributed by atoms with Crippen molar-refractivity contribution in [2.45, 2.75) is 71.6 Å². The van der Waals surface area contributed by atoms with Crippen LogP contribution in [-0.4, -0.2) is 11.0 Å². The fraction of sp³-hybridized carbons (Fsp3) is 0.344. The Kier molecular flexibility index (Phi) is 6.64. The van der Waals surface area contributed by atoms with Crippen LogP contribution < -0.4 is 5.32 Å². The third-order valence-electron chi connectivity index (χ3n) is 7.21. The van der Waals surface area contributed by atoms with Crippen molar-refractivity contribution in [1.82, 2.24) is 0 Å². The molecule has 1 aliphatic carbocycles. The molecular formula is C32H37NO2. The number of fused-ring (bicyclic) bond motifs is 1. The molecule has 0 spiro atoms. The second kappa shape index (κ2) is 9.37. The zero-order valence-electron chi connectivity index (χ0n) is 21.8. The molecular weight excluding hydrogens is 430 g/mol. The Morgan fingerprint density at radius 3 is 2.14 bits per heavy atom. The molecule has 0 aromatic heterocycles. The van der Waals surface area contributed by atoms with Crippen LogP contribution in [0.2, 0.25) is 0 Å². The molecule has 0 unspecified atom stereocenters. The first-order chi connectivity index (χ1) is 16.5. The van der Waals surface area contributed by atoms with Gasteiger partial charge in [-0.05, 0) is 100 Å². The third kappa shape index (κ3) is 5.19. The van der Waals surface area contributed by atoms with Crippen LogP contribution in [0.3, 0.4) is 0 Å². The van der Waals surface area contributed by atoms with E-state index in [0.29, 0.717) is 11.3 Å². The van der Waals surface area contributed by atoms with E-state index in [-0.39, 0.29) is 22.5 Å². The molecule has 35 heavy (non-hydrogen) atoms. The van der Waals surface area contributed by atoms with Gasteiger partial charge in [-0.25, -0.2) is 0 Å². The molecule has 3 aromatic rings. The summed E-state index contributed by atoms with van der Waals surface area (Å²) in [4.78, 5) is 12.6. The van der Waals surface area contributed by atoms with Gasteiger partial charge < -0.3 is 10.4 Å². The minimum absolute atomic E-state index is 0.170. The summed E-state index contributed by atoms with van der Waals surface area (Å²) in [5.74, 6) is 0.00360. The van der Waals surface area contributed by atoms with Gasteiger partial charge in [-0.2, -0.15) is 0 Å². The topological polar surface area (TPSA) is 49.3 Å². The number of amides is 1. The summed E-state index contributed by atoms with van der Waals surface area (Å²) >= 11 is 0. The Morgan fingerprint density at radius 1 is 0.943 bits per heavy atom. The van der Waals surface area contributed by atoms with Crippen LogP contribution in [0.5, 0.6) is 5.75 Å². The number of nitrogens with one attached hydrogen (secondary N) is 1. The lowest BCUT2D eigenvalue weighted by atomic mass is 9.82. The SMILES string of the molecule is CCCc1cc2c(cc1C(C)=Cc1ccc(C(=O)Nc3ccc(O)cc3)cc1)C(C)(C)CC2(C)C. The number of rotatable bonds is 6. The summed E-state index contributed by atoms with van der Waals surface area (Å²) in [6, 6.07) is 19.1. The summed E-state index contributed by atoms with van der Waals surface area (Å²) in [6.07, 6.45) is 5.57. The van der Waals surface area contributed by atoms with Gasteiger partial charge in [-0.1, -0.05) is 71.4 Å². The van der Waals surface area contributed by atoms with Crippen molar-refractivity contribution in [3.63, 3.8) is 0 Å². The van der Waals surface area contributed by atoms with Gasteiger partial charge in [0.2, 0.25) is 0 Å². The average Bonchev–Trinajstić information content (AvgIpc) is 2.98. The van der Waals surface area contributed by atoms with E-state index < -0.39 is 0 Å². The van der Waals surface area contributed by atoms with Crippen LogP contribution in [0.1, 0.15) is 92.6 Å². The number of phenols is 1. The molecule has 0 fully saturated rings. The lowest BCUT2D eigenvalue weighted by Gasteiger charge is -2.22. The largest absolute Gasteiger partial charge is 0.508 e. The van der Waals surface area contributed by atoms with E-state index >= 15 is 0 Å². The van der Waals surface area contributed by atoms with Crippen molar-refractivity contribution in [2.24, 2.45) is 0 Å². The minimum atomic E-state index is -0.170. The van der Waals surface area contributed by atoms with Crippen molar-refractivity contribution in [3.05, 3.63) is 94.0 Å². The second-order valence-corrected chi connectivity index (χ2v) is 11.2. The summed E-state index contributed by atoms with van der Waals surface area (Å²) in [7, 11) is 0. The minimum Gasteiger partial charge on any atom is -0.508 e. The summed E-state index contributed by atoms with van der Waals surface area (Å²) in [5.41, 5.74) is 9.70. The predicted octanol–water partition coefficient (Wildman–Crippen LogP) is 8.12. The number of phenolic OH excluding ortho intramolecular Hbond substituents is 1. The quantitative estimate of drug-likeness (QED) is 0.284. The van der Waals surface area contributed by atoms with E-state index in [2.05, 4.69) is 65.1 Å². The van der Waals surface area contributed by atoms with E-state index in [1.165, 1.54) is 34.2 Å². The van der Waals surface area contributed by atoms with E-state index in [9.17, 15) is 9.90 Å². The molecule has 1 amide bonds. The van der Waals surface area contributed by atoms with E-state index in [1.807, 2.05) is 24.3 Å². The highest BCUT2D eigenvalue weighted by molar-refractivity contribution is 6.04. The Labute approximate surface area is 209 Å². The van der Waals surface area contributed by atoms with E-state index in [0.717, 1.165) is 18.4 Å². The number of allylic oxidation sites excluding steroid dienone is 1. The molecule has 3 aromatic carbocycles. The highest BCUT2D eigenvalue weighted by Crippen LogP contribution is 2.50. The number of aromatic hydroxyl groups is 1. The first kappa shape index (κ1) is 24.8. The Hall–Kier alpha value is -3.33. The molecule has 3 nitrogen and oxygen atoms in total. The molecule has 2 N–H and O–H groups in total. The van der Waals surface area contributed by atoms with Crippen LogP contribution in [0.4, 0.5) is 5.69 Å². The van der Waals surface area contributed by atoms with Crippen molar-refractivity contribution >= 4 is 23.2 Å². The van der Waals surface area contributed by atoms with Crippen LogP contribution >= 0.6 is 0 Å². The van der Waals surface area contributed by atoms with Gasteiger partial charge in [0.05, 0.1) is 0 Å². The number of hydrogen-bond acceptors (Lipinski definition) is 2. The molecule has 0 radical (unpaired) electrons. The monoisotopic (exact) mass is 467 g/mol.